The molecule has 1 unspecified atom stereocenters. The van der Waals surface area contributed by atoms with Gasteiger partial charge in [-0.3, -0.25) is 9.59 Å². The van der Waals surface area contributed by atoms with Crippen molar-refractivity contribution in [3.8, 4) is 0 Å². The summed E-state index contributed by atoms with van der Waals surface area (Å²) in [5.41, 5.74) is 7.07. The maximum absolute atomic E-state index is 11.6. The lowest BCUT2D eigenvalue weighted by Gasteiger charge is -2.12. The molecule has 0 radical (unpaired) electrons. The van der Waals surface area contributed by atoms with Crippen molar-refractivity contribution in [2.45, 2.75) is 13.3 Å². The summed E-state index contributed by atoms with van der Waals surface area (Å²) in [6, 6.07) is 7.26. The predicted molar refractivity (Wildman–Crippen MR) is 75.7 cm³/mol. The van der Waals surface area contributed by atoms with Crippen LogP contribution in [0.1, 0.15) is 12.5 Å². The number of nitrogens with two attached hydrogens (primary N) is 1. The standard InChI is InChI=1S/C14H21N3O2/c1-10(9-15)14(19)16-12-6-4-11(5-7-12)8-13(18)17(2)3/h4-7,10H,8-9,15H2,1-3H3,(H,16,19). The van der Waals surface area contributed by atoms with E-state index in [1.165, 1.54) is 0 Å². The van der Waals surface area contributed by atoms with E-state index >= 15 is 0 Å². The molecular formula is C14H21N3O2. The van der Waals surface area contributed by atoms with Gasteiger partial charge in [-0.1, -0.05) is 19.1 Å². The predicted octanol–water partition coefficient (Wildman–Crippen LogP) is 0.851. The summed E-state index contributed by atoms with van der Waals surface area (Å²) >= 11 is 0. The van der Waals surface area contributed by atoms with Crippen molar-refractivity contribution in [1.29, 1.82) is 0 Å². The number of carbonyl (C=O) groups excluding carboxylic acids is 2. The second-order valence-corrected chi connectivity index (χ2v) is 4.79. The highest BCUT2D eigenvalue weighted by atomic mass is 16.2. The molecule has 1 aromatic carbocycles. The Morgan fingerprint density at radius 1 is 1.26 bits per heavy atom. The third-order valence-electron chi connectivity index (χ3n) is 2.88. The van der Waals surface area contributed by atoms with Gasteiger partial charge in [-0.25, -0.2) is 0 Å². The molecule has 0 heterocycles. The van der Waals surface area contributed by atoms with Gasteiger partial charge in [0.2, 0.25) is 11.8 Å². The molecule has 0 fully saturated rings. The van der Waals surface area contributed by atoms with Crippen molar-refractivity contribution >= 4 is 17.5 Å². The SMILES string of the molecule is CC(CN)C(=O)Nc1ccc(CC(=O)N(C)C)cc1. The van der Waals surface area contributed by atoms with E-state index in [1.54, 1.807) is 38.1 Å². The lowest BCUT2D eigenvalue weighted by molar-refractivity contribution is -0.128. The second-order valence-electron chi connectivity index (χ2n) is 4.79. The minimum absolute atomic E-state index is 0.0496. The zero-order chi connectivity index (χ0) is 14.4. The summed E-state index contributed by atoms with van der Waals surface area (Å²) in [7, 11) is 3.45. The van der Waals surface area contributed by atoms with Gasteiger partial charge in [0.15, 0.2) is 0 Å². The van der Waals surface area contributed by atoms with Crippen LogP contribution >= 0.6 is 0 Å². The fourth-order valence-corrected chi connectivity index (χ4v) is 1.41. The van der Waals surface area contributed by atoms with Crippen LogP contribution < -0.4 is 11.1 Å². The lowest BCUT2D eigenvalue weighted by atomic mass is 10.1. The maximum Gasteiger partial charge on any atom is 0.228 e. The molecular weight excluding hydrogens is 242 g/mol. The second kappa shape index (κ2) is 6.89. The fraction of sp³-hybridized carbons (Fsp3) is 0.429. The Hall–Kier alpha value is -1.88. The molecule has 5 heteroatoms. The van der Waals surface area contributed by atoms with Crippen LogP contribution in [0.3, 0.4) is 0 Å². The number of hydrogen-bond acceptors (Lipinski definition) is 3. The number of anilines is 1. The number of likely N-dealkylation sites (N-methyl/N-ethyl adjacent to an activating group) is 1. The largest absolute Gasteiger partial charge is 0.349 e. The normalized spacial score (nSPS) is 11.8. The van der Waals surface area contributed by atoms with E-state index in [0.29, 0.717) is 18.7 Å². The Bertz CT molecular complexity index is 441. The third-order valence-corrected chi connectivity index (χ3v) is 2.88. The van der Waals surface area contributed by atoms with Crippen LogP contribution in [0.4, 0.5) is 5.69 Å². The van der Waals surface area contributed by atoms with Gasteiger partial charge >= 0.3 is 0 Å². The van der Waals surface area contributed by atoms with Crippen molar-refractivity contribution in [2.24, 2.45) is 11.7 Å². The molecule has 3 N–H and O–H groups in total. The van der Waals surface area contributed by atoms with Gasteiger partial charge in [-0.15, -0.1) is 0 Å². The highest BCUT2D eigenvalue weighted by Gasteiger charge is 2.11. The Balaban J connectivity index is 2.62. The van der Waals surface area contributed by atoms with Crippen molar-refractivity contribution in [3.05, 3.63) is 29.8 Å². The molecule has 1 atom stereocenters. The Kier molecular flexibility index (Phi) is 5.51. The molecule has 0 saturated heterocycles. The van der Waals surface area contributed by atoms with Crippen LogP contribution in [-0.2, 0) is 16.0 Å². The van der Waals surface area contributed by atoms with E-state index in [4.69, 9.17) is 5.73 Å². The molecule has 0 aromatic heterocycles. The van der Waals surface area contributed by atoms with Gasteiger partial charge in [0.05, 0.1) is 6.42 Å². The molecule has 0 saturated carbocycles. The van der Waals surface area contributed by atoms with Crippen LogP contribution in [-0.4, -0.2) is 37.4 Å². The molecule has 104 valence electrons. The summed E-state index contributed by atoms with van der Waals surface area (Å²) < 4.78 is 0. The van der Waals surface area contributed by atoms with Gasteiger partial charge in [0, 0.05) is 32.2 Å². The molecule has 0 bridgehead atoms. The van der Waals surface area contributed by atoms with Crippen LogP contribution in [0, 0.1) is 5.92 Å². The lowest BCUT2D eigenvalue weighted by Crippen LogP contribution is -2.26. The van der Waals surface area contributed by atoms with Crippen molar-refractivity contribution in [3.63, 3.8) is 0 Å². The van der Waals surface area contributed by atoms with Crippen LogP contribution in [0.25, 0.3) is 0 Å². The molecule has 0 aliphatic heterocycles. The van der Waals surface area contributed by atoms with E-state index in [1.807, 2.05) is 12.1 Å². The highest BCUT2D eigenvalue weighted by molar-refractivity contribution is 5.92. The van der Waals surface area contributed by atoms with Gasteiger partial charge in [0.1, 0.15) is 0 Å². The molecule has 2 amide bonds. The van der Waals surface area contributed by atoms with E-state index < -0.39 is 0 Å². The summed E-state index contributed by atoms with van der Waals surface area (Å²) in [4.78, 5) is 24.7. The number of nitrogens with one attached hydrogen (secondary N) is 1. The first-order valence-electron chi connectivity index (χ1n) is 6.24. The summed E-state index contributed by atoms with van der Waals surface area (Å²) in [6.07, 6.45) is 0.362. The summed E-state index contributed by atoms with van der Waals surface area (Å²) in [6.45, 7) is 2.10. The van der Waals surface area contributed by atoms with Crippen LogP contribution in [0.2, 0.25) is 0 Å². The number of hydrogen-bond donors (Lipinski definition) is 2. The quantitative estimate of drug-likeness (QED) is 0.827. The van der Waals surface area contributed by atoms with Gasteiger partial charge in [-0.05, 0) is 17.7 Å². The summed E-state index contributed by atoms with van der Waals surface area (Å²) in [5.74, 6) is -0.261. The Morgan fingerprint density at radius 3 is 2.32 bits per heavy atom. The third kappa shape index (κ3) is 4.71. The topological polar surface area (TPSA) is 75.4 Å². The maximum atomic E-state index is 11.6. The molecule has 1 aromatic rings. The first kappa shape index (κ1) is 15.2. The fourth-order valence-electron chi connectivity index (χ4n) is 1.41. The molecule has 19 heavy (non-hydrogen) atoms. The molecule has 0 aliphatic carbocycles. The number of amides is 2. The zero-order valence-corrected chi connectivity index (χ0v) is 11.6. The van der Waals surface area contributed by atoms with Crippen molar-refractivity contribution in [2.75, 3.05) is 26.0 Å². The smallest absolute Gasteiger partial charge is 0.228 e. The average molecular weight is 263 g/mol. The Morgan fingerprint density at radius 2 is 1.84 bits per heavy atom. The highest BCUT2D eigenvalue weighted by Crippen LogP contribution is 2.11. The van der Waals surface area contributed by atoms with Gasteiger partial charge in [0.25, 0.3) is 0 Å². The zero-order valence-electron chi connectivity index (χ0n) is 11.6. The molecule has 5 nitrogen and oxygen atoms in total. The monoisotopic (exact) mass is 263 g/mol. The van der Waals surface area contributed by atoms with E-state index in [0.717, 1.165) is 5.56 Å². The first-order valence-corrected chi connectivity index (χ1v) is 6.24. The Labute approximate surface area is 113 Å². The number of carbonyl (C=O) groups is 2. The van der Waals surface area contributed by atoms with Crippen LogP contribution in [0.5, 0.6) is 0 Å². The van der Waals surface area contributed by atoms with E-state index in [9.17, 15) is 9.59 Å². The van der Waals surface area contributed by atoms with Crippen molar-refractivity contribution in [1.82, 2.24) is 4.90 Å². The number of rotatable bonds is 5. The van der Waals surface area contributed by atoms with E-state index in [2.05, 4.69) is 5.32 Å². The summed E-state index contributed by atoms with van der Waals surface area (Å²) in [5, 5.41) is 2.78. The minimum atomic E-state index is -0.213. The van der Waals surface area contributed by atoms with Gasteiger partial charge in [-0.2, -0.15) is 0 Å². The number of benzene rings is 1. The molecule has 1 rings (SSSR count). The van der Waals surface area contributed by atoms with Gasteiger partial charge < -0.3 is 16.0 Å². The molecule has 0 spiro atoms. The van der Waals surface area contributed by atoms with Crippen LogP contribution in [0.15, 0.2) is 24.3 Å². The average Bonchev–Trinajstić information content (AvgIpc) is 2.39. The van der Waals surface area contributed by atoms with E-state index in [-0.39, 0.29) is 17.7 Å². The minimum Gasteiger partial charge on any atom is -0.349 e. The number of nitrogens with zero attached hydrogens (tertiary/aromatic N) is 1. The first-order chi connectivity index (χ1) is 8.93. The van der Waals surface area contributed by atoms with Crippen molar-refractivity contribution < 1.29 is 9.59 Å². The molecule has 0 aliphatic rings.